The van der Waals surface area contributed by atoms with Crippen molar-refractivity contribution in [1.82, 2.24) is 4.98 Å². The largest absolute Gasteiger partial charge is 3.00 e. The van der Waals surface area contributed by atoms with Crippen LogP contribution in [0.15, 0.2) is 212 Å². The fourth-order valence-corrected chi connectivity index (χ4v) is 8.54. The number of benzene rings is 7. The van der Waals surface area contributed by atoms with Gasteiger partial charge in [-0.3, -0.25) is 0 Å². The van der Waals surface area contributed by atoms with Gasteiger partial charge in [0.25, 0.3) is 0 Å². The molecule has 0 aliphatic rings. The van der Waals surface area contributed by atoms with Gasteiger partial charge in [0.15, 0.2) is 0 Å². The third-order valence-corrected chi connectivity index (χ3v) is 11.1. The Labute approximate surface area is 331 Å². The van der Waals surface area contributed by atoms with E-state index < -0.39 is 7.92 Å². The van der Waals surface area contributed by atoms with Gasteiger partial charge in [-0.15, -0.1) is 81.0 Å². The van der Waals surface area contributed by atoms with E-state index in [4.69, 9.17) is 11.8 Å². The van der Waals surface area contributed by atoms with Gasteiger partial charge in [-0.1, -0.05) is 133 Å². The summed E-state index contributed by atoms with van der Waals surface area (Å²) in [5.41, 5.74) is 6.51. The molecule has 0 N–H and O–H groups in total. The Hall–Kier alpha value is -5.31. The molecule has 1 atom stereocenters. The Morgan fingerprint density at radius 1 is 0.453 bits per heavy atom. The normalized spacial score (nSPS) is 9.74. The maximum atomic E-state index is 6.25. The number of aromatic nitrogens is 1. The molecule has 5 heteroatoms. The summed E-state index contributed by atoms with van der Waals surface area (Å²) in [6.07, 6.45) is 0. The van der Waals surface area contributed by atoms with E-state index in [1.165, 1.54) is 32.3 Å². The third kappa shape index (κ3) is 12.1. The van der Waals surface area contributed by atoms with Gasteiger partial charge in [0.05, 0.1) is 7.92 Å². The summed E-state index contributed by atoms with van der Waals surface area (Å²) in [4.78, 5) is 4.65. The molecule has 1 heterocycles. The Morgan fingerprint density at radius 2 is 0.868 bits per heavy atom. The molecule has 0 amide bonds. The van der Waals surface area contributed by atoms with Crippen LogP contribution in [-0.2, 0) is 20.1 Å². The minimum absolute atomic E-state index is 0. The standard InChI is InChI=1S/C24H19P.C17H11N.C6H7P.CN.Ir/c1-4-12-20(13-5-1)23-18-10-11-19-24(23)25(21-14-6-2-7-15-21)22-16-8-3-9-17-22;1-3-8-14(9-4-1)16-12-7-13-17(18-16)15-10-5-2-6-11-15;7-6-4-2-1-3-5-6;1-2;/h1-19H;1-8,10,12-13H;1-5H,7H2;;/q;-2;;-1;+3/p+1. The number of nitrogens with zero attached hydrogens (tertiary/aromatic N) is 2. The molecule has 0 aliphatic heterocycles. The van der Waals surface area contributed by atoms with Crippen LogP contribution in [0.1, 0.15) is 0 Å². The predicted octanol–water partition coefficient (Wildman–Crippen LogP) is 10.1. The predicted molar refractivity (Wildman–Crippen MR) is 226 cm³/mol. The maximum absolute atomic E-state index is 6.25. The molecule has 8 rings (SSSR count). The van der Waals surface area contributed by atoms with Crippen LogP contribution in [0.25, 0.3) is 33.6 Å². The molecule has 0 spiro atoms. The summed E-state index contributed by atoms with van der Waals surface area (Å²) < 4.78 is 0. The first-order valence-electron chi connectivity index (χ1n) is 16.8. The monoisotopic (exact) mass is 897 g/mol. The minimum Gasteiger partial charge on any atom is -0.512 e. The van der Waals surface area contributed by atoms with Gasteiger partial charge in [0.2, 0.25) is 0 Å². The van der Waals surface area contributed by atoms with E-state index >= 15 is 0 Å². The van der Waals surface area contributed by atoms with Crippen molar-refractivity contribution >= 4 is 38.4 Å². The molecule has 258 valence electrons. The molecule has 0 bridgehead atoms. The van der Waals surface area contributed by atoms with Gasteiger partial charge in [0.1, 0.15) is 15.9 Å². The molecule has 53 heavy (non-hydrogen) atoms. The number of rotatable bonds is 6. The van der Waals surface area contributed by atoms with E-state index in [-0.39, 0.29) is 20.1 Å². The molecule has 0 radical (unpaired) electrons. The van der Waals surface area contributed by atoms with Crippen LogP contribution in [0.3, 0.4) is 0 Å². The van der Waals surface area contributed by atoms with Gasteiger partial charge >= 0.3 is 20.1 Å². The molecule has 0 saturated carbocycles. The molecule has 1 aromatic heterocycles. The van der Waals surface area contributed by atoms with E-state index in [1.807, 2.05) is 97.1 Å². The van der Waals surface area contributed by atoms with E-state index in [9.17, 15) is 0 Å². The van der Waals surface area contributed by atoms with Crippen molar-refractivity contribution in [2.24, 2.45) is 0 Å². The first-order valence-corrected chi connectivity index (χ1v) is 18.9. The molecule has 2 nitrogen and oxygen atoms in total. The molecule has 0 fully saturated rings. The second-order valence-electron chi connectivity index (χ2n) is 11.4. The van der Waals surface area contributed by atoms with E-state index in [0.29, 0.717) is 0 Å². The van der Waals surface area contributed by atoms with Gasteiger partial charge < -0.3 is 16.8 Å². The average Bonchev–Trinajstić information content (AvgIpc) is 3.24. The molecule has 0 saturated heterocycles. The van der Waals surface area contributed by atoms with Crippen LogP contribution < -0.4 is 21.2 Å². The second kappa shape index (κ2) is 22.6. The Balaban J connectivity index is 0.000000195. The van der Waals surface area contributed by atoms with Crippen molar-refractivity contribution in [3.8, 4) is 33.6 Å². The first kappa shape index (κ1) is 40.5. The number of hydrogen-bond acceptors (Lipinski definition) is 2. The molecule has 8 aromatic rings. The van der Waals surface area contributed by atoms with Gasteiger partial charge in [-0.05, 0) is 52.6 Å². The Kier molecular flexibility index (Phi) is 17.2. The van der Waals surface area contributed by atoms with Crippen molar-refractivity contribution in [3.05, 3.63) is 231 Å². The van der Waals surface area contributed by atoms with E-state index in [1.54, 1.807) is 0 Å². The molecular weight excluding hydrogens is 859 g/mol. The number of pyridine rings is 1. The van der Waals surface area contributed by atoms with Gasteiger partial charge in [-0.2, -0.15) is 0 Å². The smallest absolute Gasteiger partial charge is 0.512 e. The quantitative estimate of drug-likeness (QED) is 0.123. The topological polar surface area (TPSA) is 36.7 Å². The Bertz CT molecular complexity index is 2110. The summed E-state index contributed by atoms with van der Waals surface area (Å²) in [5.74, 6) is 0. The summed E-state index contributed by atoms with van der Waals surface area (Å²) in [6, 6.07) is 79.7. The van der Waals surface area contributed by atoms with Crippen molar-refractivity contribution < 1.29 is 20.1 Å². The van der Waals surface area contributed by atoms with E-state index in [2.05, 4.69) is 142 Å². The zero-order valence-corrected chi connectivity index (χ0v) is 33.6. The van der Waals surface area contributed by atoms with Crippen molar-refractivity contribution in [3.63, 3.8) is 0 Å². The summed E-state index contributed by atoms with van der Waals surface area (Å²) >= 11 is 0. The van der Waals surface area contributed by atoms with Gasteiger partial charge in [0, 0.05) is 5.56 Å². The van der Waals surface area contributed by atoms with Crippen LogP contribution in [0.2, 0.25) is 0 Å². The van der Waals surface area contributed by atoms with Crippen LogP contribution >= 0.6 is 17.2 Å². The SMILES string of the molecule is Pc1ccccc1.[C-]#N.[Ir+3].[c-]1ccccc1-c1cccc(-c2[c-]cccc2)n1.c1ccc(-c2ccccc2[PH+](c2ccccc2)c2ccccc2)cc1. The number of hydrogen-bond donors (Lipinski definition) is 0. The molecule has 7 aromatic carbocycles. The van der Waals surface area contributed by atoms with Gasteiger partial charge in [-0.25, -0.2) is 0 Å². The first-order chi connectivity index (χ1) is 25.8. The average molecular weight is 897 g/mol. The van der Waals surface area contributed by atoms with Crippen LogP contribution in [0.5, 0.6) is 0 Å². The molecule has 0 aliphatic carbocycles. The third-order valence-electron chi connectivity index (χ3n) is 7.92. The van der Waals surface area contributed by atoms with Crippen molar-refractivity contribution in [2.45, 2.75) is 0 Å². The summed E-state index contributed by atoms with van der Waals surface area (Å²) in [7, 11) is 1.57. The fourth-order valence-electron chi connectivity index (χ4n) is 5.55. The fraction of sp³-hybridized carbons (Fsp3) is 0. The minimum atomic E-state index is -1.05. The van der Waals surface area contributed by atoms with Crippen molar-refractivity contribution in [2.75, 3.05) is 0 Å². The summed E-state index contributed by atoms with van der Waals surface area (Å²) in [5, 5.41) is 11.8. The Morgan fingerprint density at radius 3 is 1.30 bits per heavy atom. The van der Waals surface area contributed by atoms with Crippen LogP contribution in [0, 0.1) is 24.0 Å². The second-order valence-corrected chi connectivity index (χ2v) is 14.5. The zero-order valence-electron chi connectivity index (χ0n) is 29.0. The van der Waals surface area contributed by atoms with Crippen LogP contribution in [-0.4, -0.2) is 4.98 Å². The molecule has 1 unspecified atom stereocenters. The zero-order chi connectivity index (χ0) is 36.2. The van der Waals surface area contributed by atoms with Crippen LogP contribution in [0.4, 0.5) is 0 Å². The molecular formula is C48H38IrN2P2+. The summed E-state index contributed by atoms with van der Waals surface area (Å²) in [6.45, 7) is 4.75. The maximum Gasteiger partial charge on any atom is 3.00 e. The van der Waals surface area contributed by atoms with Crippen molar-refractivity contribution in [1.29, 1.82) is 5.26 Å². The van der Waals surface area contributed by atoms with E-state index in [0.717, 1.165) is 22.5 Å².